The molecule has 0 saturated heterocycles. The van der Waals surface area contributed by atoms with Crippen LogP contribution in [0.1, 0.15) is 21.7 Å². The van der Waals surface area contributed by atoms with Crippen LogP contribution in [-0.2, 0) is 0 Å². The number of aryl methyl sites for hydroxylation is 1. The zero-order chi connectivity index (χ0) is 14.0. The number of benzene rings is 1. The summed E-state index contributed by atoms with van der Waals surface area (Å²) in [7, 11) is 0. The first-order valence-electron chi connectivity index (χ1n) is 5.44. The van der Waals surface area contributed by atoms with Crippen LogP contribution in [0, 0.1) is 6.92 Å². The first kappa shape index (κ1) is 13.8. The predicted octanol–water partition coefficient (Wildman–Crippen LogP) is 3.24. The lowest BCUT2D eigenvalue weighted by Crippen LogP contribution is -2.17. The number of rotatable bonds is 3. The summed E-state index contributed by atoms with van der Waals surface area (Å²) in [6.45, 7) is 1.80. The summed E-state index contributed by atoms with van der Waals surface area (Å²) in [6, 6.07) is 7.01. The fourth-order valence-corrected chi connectivity index (χ4v) is 2.14. The molecule has 2 rings (SSSR count). The van der Waals surface area contributed by atoms with Gasteiger partial charge < -0.3 is 15.5 Å². The molecule has 0 aliphatic carbocycles. The monoisotopic (exact) mass is 338 g/mol. The quantitative estimate of drug-likeness (QED) is 0.843. The third-order valence-electron chi connectivity index (χ3n) is 2.56. The molecule has 0 radical (unpaired) electrons. The Balaban J connectivity index is 2.32. The van der Waals surface area contributed by atoms with Gasteiger partial charge >= 0.3 is 0 Å². The van der Waals surface area contributed by atoms with E-state index in [0.29, 0.717) is 11.3 Å². The summed E-state index contributed by atoms with van der Waals surface area (Å²) in [5, 5.41) is 2.74. The van der Waals surface area contributed by atoms with E-state index in [4.69, 9.17) is 22.4 Å². The van der Waals surface area contributed by atoms with E-state index in [9.17, 15) is 4.79 Å². The molecule has 0 aliphatic heterocycles. The van der Waals surface area contributed by atoms with Gasteiger partial charge in [-0.3, -0.25) is 4.79 Å². The number of hydrogen-bond donors (Lipinski definition) is 2. The molecule has 19 heavy (non-hydrogen) atoms. The van der Waals surface area contributed by atoms with Crippen molar-refractivity contribution in [2.75, 3.05) is 5.32 Å². The summed E-state index contributed by atoms with van der Waals surface area (Å²) in [6.07, 6.45) is 1.47. The summed E-state index contributed by atoms with van der Waals surface area (Å²) in [4.78, 5) is 12.3. The zero-order valence-electron chi connectivity index (χ0n) is 10.1. The highest BCUT2D eigenvalue weighted by molar-refractivity contribution is 9.10. The lowest BCUT2D eigenvalue weighted by atomic mass is 10.1. The molecule has 0 saturated carbocycles. The van der Waals surface area contributed by atoms with Crippen molar-refractivity contribution in [2.45, 2.75) is 6.92 Å². The summed E-state index contributed by atoms with van der Waals surface area (Å²) >= 11 is 8.30. The SMILES string of the molecule is Cc1ccoc1C(=O)Nc1ccc(Br)cc1C(N)=S. The second-order valence-electron chi connectivity index (χ2n) is 3.94. The van der Waals surface area contributed by atoms with Gasteiger partial charge in [0.2, 0.25) is 0 Å². The number of nitrogens with two attached hydrogens (primary N) is 1. The lowest BCUT2D eigenvalue weighted by Gasteiger charge is -2.10. The van der Waals surface area contributed by atoms with E-state index < -0.39 is 0 Å². The van der Waals surface area contributed by atoms with Crippen molar-refractivity contribution in [1.29, 1.82) is 0 Å². The number of furan rings is 1. The van der Waals surface area contributed by atoms with Crippen LogP contribution in [0.25, 0.3) is 0 Å². The molecule has 1 amide bonds. The number of amides is 1. The van der Waals surface area contributed by atoms with Gasteiger partial charge in [0.25, 0.3) is 5.91 Å². The Kier molecular flexibility index (Phi) is 4.01. The number of hydrogen-bond acceptors (Lipinski definition) is 3. The third kappa shape index (κ3) is 3.02. The predicted molar refractivity (Wildman–Crippen MR) is 81.4 cm³/mol. The van der Waals surface area contributed by atoms with Crippen molar-refractivity contribution in [3.8, 4) is 0 Å². The number of thiocarbonyl (C=S) groups is 1. The van der Waals surface area contributed by atoms with E-state index in [1.165, 1.54) is 6.26 Å². The molecule has 0 spiro atoms. The molecular formula is C13H11BrN2O2S. The highest BCUT2D eigenvalue weighted by atomic mass is 79.9. The standard InChI is InChI=1S/C13H11BrN2O2S/c1-7-4-5-18-11(7)13(17)16-10-3-2-8(14)6-9(10)12(15)19/h2-6H,1H3,(H2,15,19)(H,16,17). The van der Waals surface area contributed by atoms with Gasteiger partial charge in [-0.25, -0.2) is 0 Å². The average Bonchev–Trinajstić information content (AvgIpc) is 2.77. The lowest BCUT2D eigenvalue weighted by molar-refractivity contribution is 0.0996. The van der Waals surface area contributed by atoms with Crippen LogP contribution in [0.5, 0.6) is 0 Å². The maximum Gasteiger partial charge on any atom is 0.291 e. The van der Waals surface area contributed by atoms with Crippen LogP contribution in [-0.4, -0.2) is 10.9 Å². The molecule has 3 N–H and O–H groups in total. The minimum absolute atomic E-state index is 0.216. The van der Waals surface area contributed by atoms with Crippen LogP contribution in [0.3, 0.4) is 0 Å². The van der Waals surface area contributed by atoms with Gasteiger partial charge in [0.15, 0.2) is 5.76 Å². The Bertz CT molecular complexity index is 652. The van der Waals surface area contributed by atoms with Crippen LogP contribution in [0.4, 0.5) is 5.69 Å². The van der Waals surface area contributed by atoms with E-state index >= 15 is 0 Å². The Labute approximate surface area is 124 Å². The van der Waals surface area contributed by atoms with E-state index in [0.717, 1.165) is 10.0 Å². The van der Waals surface area contributed by atoms with Crippen LogP contribution >= 0.6 is 28.1 Å². The van der Waals surface area contributed by atoms with Gasteiger partial charge in [-0.05, 0) is 31.2 Å². The van der Waals surface area contributed by atoms with Crippen molar-refractivity contribution >= 4 is 44.7 Å². The highest BCUT2D eigenvalue weighted by Gasteiger charge is 2.15. The molecule has 2 aromatic rings. The number of anilines is 1. The number of carbonyl (C=O) groups is 1. The molecule has 4 nitrogen and oxygen atoms in total. The van der Waals surface area contributed by atoms with Gasteiger partial charge in [-0.1, -0.05) is 28.1 Å². The smallest absolute Gasteiger partial charge is 0.291 e. The molecule has 0 fully saturated rings. The van der Waals surface area contributed by atoms with E-state index in [-0.39, 0.29) is 16.7 Å². The Morgan fingerprint density at radius 3 is 2.74 bits per heavy atom. The summed E-state index contributed by atoms with van der Waals surface area (Å²) in [5.41, 5.74) is 7.56. The fourth-order valence-electron chi connectivity index (χ4n) is 1.61. The number of carbonyl (C=O) groups excluding carboxylic acids is 1. The molecule has 0 atom stereocenters. The van der Waals surface area contributed by atoms with Crippen molar-refractivity contribution < 1.29 is 9.21 Å². The summed E-state index contributed by atoms with van der Waals surface area (Å²) in [5.74, 6) is -0.0564. The maximum atomic E-state index is 12.1. The van der Waals surface area contributed by atoms with Crippen LogP contribution < -0.4 is 11.1 Å². The molecule has 6 heteroatoms. The average molecular weight is 339 g/mol. The minimum Gasteiger partial charge on any atom is -0.459 e. The van der Waals surface area contributed by atoms with Crippen molar-refractivity contribution in [3.63, 3.8) is 0 Å². The Hall–Kier alpha value is -1.66. The minimum atomic E-state index is -0.331. The first-order valence-corrected chi connectivity index (χ1v) is 6.64. The normalized spacial score (nSPS) is 10.2. The van der Waals surface area contributed by atoms with Crippen molar-refractivity contribution in [1.82, 2.24) is 0 Å². The molecule has 1 aromatic carbocycles. The van der Waals surface area contributed by atoms with Gasteiger partial charge in [0, 0.05) is 15.6 Å². The molecular weight excluding hydrogens is 328 g/mol. The van der Waals surface area contributed by atoms with Crippen molar-refractivity contribution in [3.05, 3.63) is 51.9 Å². The molecule has 98 valence electrons. The van der Waals surface area contributed by atoms with E-state index in [1.807, 2.05) is 0 Å². The zero-order valence-corrected chi connectivity index (χ0v) is 12.5. The Morgan fingerprint density at radius 1 is 1.42 bits per heavy atom. The first-order chi connectivity index (χ1) is 8.99. The second kappa shape index (κ2) is 5.54. The second-order valence-corrected chi connectivity index (χ2v) is 5.30. The molecule has 0 unspecified atom stereocenters. The molecule has 1 heterocycles. The van der Waals surface area contributed by atoms with Gasteiger partial charge in [-0.15, -0.1) is 0 Å². The topological polar surface area (TPSA) is 68.3 Å². The Morgan fingerprint density at radius 2 is 2.16 bits per heavy atom. The third-order valence-corrected chi connectivity index (χ3v) is 3.28. The number of nitrogens with one attached hydrogen (secondary N) is 1. The summed E-state index contributed by atoms with van der Waals surface area (Å²) < 4.78 is 5.97. The highest BCUT2D eigenvalue weighted by Crippen LogP contribution is 2.22. The largest absolute Gasteiger partial charge is 0.459 e. The van der Waals surface area contributed by atoms with E-state index in [2.05, 4.69) is 21.2 Å². The fraction of sp³-hybridized carbons (Fsp3) is 0.0769. The van der Waals surface area contributed by atoms with Gasteiger partial charge in [0.05, 0.1) is 12.0 Å². The molecule has 1 aromatic heterocycles. The maximum absolute atomic E-state index is 12.1. The number of halogens is 1. The van der Waals surface area contributed by atoms with Gasteiger partial charge in [0.1, 0.15) is 4.99 Å². The van der Waals surface area contributed by atoms with E-state index in [1.54, 1.807) is 31.2 Å². The molecule has 0 bridgehead atoms. The van der Waals surface area contributed by atoms with Crippen LogP contribution in [0.2, 0.25) is 0 Å². The van der Waals surface area contributed by atoms with Gasteiger partial charge in [-0.2, -0.15) is 0 Å². The van der Waals surface area contributed by atoms with Crippen molar-refractivity contribution in [2.24, 2.45) is 5.73 Å². The van der Waals surface area contributed by atoms with Crippen LogP contribution in [0.15, 0.2) is 39.4 Å². The molecule has 0 aliphatic rings.